The largest absolute Gasteiger partial charge is 0.383 e. The van der Waals surface area contributed by atoms with Crippen LogP contribution in [0.5, 0.6) is 0 Å². The Labute approximate surface area is 87.8 Å². The summed E-state index contributed by atoms with van der Waals surface area (Å²) in [5.74, 6) is 0.759. The third-order valence-electron chi connectivity index (χ3n) is 3.24. The van der Waals surface area contributed by atoms with Crippen LogP contribution in [0, 0.1) is 5.92 Å². The summed E-state index contributed by atoms with van der Waals surface area (Å²) in [5.41, 5.74) is 0. The molecule has 1 rings (SSSR count). The van der Waals surface area contributed by atoms with E-state index in [1.807, 2.05) is 0 Å². The first-order valence-corrected chi connectivity index (χ1v) is 5.66. The van der Waals surface area contributed by atoms with Gasteiger partial charge in [0.15, 0.2) is 0 Å². The van der Waals surface area contributed by atoms with Gasteiger partial charge < -0.3 is 10.1 Å². The average Bonchev–Trinajstić information content (AvgIpc) is 2.54. The molecule has 84 valence electrons. The number of likely N-dealkylation sites (N-methyl/N-ethyl adjacent to an activating group) is 1. The standard InChI is InChI=1S/C11H24N2O/c1-5-13(10(3)8-14-4)11-7-12-6-9(11)2/h9-12H,5-8H2,1-4H3. The molecule has 3 nitrogen and oxygen atoms in total. The monoisotopic (exact) mass is 200 g/mol. The fourth-order valence-electron chi connectivity index (χ4n) is 2.45. The van der Waals surface area contributed by atoms with Crippen LogP contribution in [0.1, 0.15) is 20.8 Å². The smallest absolute Gasteiger partial charge is 0.0615 e. The number of nitrogens with one attached hydrogen (secondary N) is 1. The van der Waals surface area contributed by atoms with Gasteiger partial charge in [0.05, 0.1) is 6.61 Å². The van der Waals surface area contributed by atoms with Crippen LogP contribution in [0.4, 0.5) is 0 Å². The highest BCUT2D eigenvalue weighted by Gasteiger charge is 2.30. The van der Waals surface area contributed by atoms with Crippen molar-refractivity contribution in [3.05, 3.63) is 0 Å². The maximum absolute atomic E-state index is 5.22. The molecule has 1 N–H and O–H groups in total. The van der Waals surface area contributed by atoms with Crippen LogP contribution in [0.15, 0.2) is 0 Å². The number of rotatable bonds is 5. The summed E-state index contributed by atoms with van der Waals surface area (Å²) >= 11 is 0. The van der Waals surface area contributed by atoms with Gasteiger partial charge in [-0.2, -0.15) is 0 Å². The average molecular weight is 200 g/mol. The second-order valence-corrected chi connectivity index (χ2v) is 4.34. The topological polar surface area (TPSA) is 24.5 Å². The number of hydrogen-bond donors (Lipinski definition) is 1. The zero-order valence-electron chi connectivity index (χ0n) is 9.92. The van der Waals surface area contributed by atoms with Crippen LogP contribution in [-0.2, 0) is 4.74 Å². The minimum absolute atomic E-state index is 0.525. The van der Waals surface area contributed by atoms with Gasteiger partial charge in [-0.15, -0.1) is 0 Å². The van der Waals surface area contributed by atoms with Crippen molar-refractivity contribution in [2.75, 3.05) is 33.4 Å². The minimum atomic E-state index is 0.525. The molecular formula is C11H24N2O. The molecule has 14 heavy (non-hydrogen) atoms. The zero-order chi connectivity index (χ0) is 10.6. The highest BCUT2D eigenvalue weighted by molar-refractivity contribution is 4.87. The van der Waals surface area contributed by atoms with Crippen molar-refractivity contribution in [3.63, 3.8) is 0 Å². The SMILES string of the molecule is CCN(C(C)COC)C1CNCC1C. The molecule has 0 aromatic rings. The Hall–Kier alpha value is -0.120. The van der Waals surface area contributed by atoms with Gasteiger partial charge in [-0.25, -0.2) is 0 Å². The minimum Gasteiger partial charge on any atom is -0.383 e. The number of hydrogen-bond acceptors (Lipinski definition) is 3. The van der Waals surface area contributed by atoms with E-state index < -0.39 is 0 Å². The molecule has 1 saturated heterocycles. The second-order valence-electron chi connectivity index (χ2n) is 4.34. The van der Waals surface area contributed by atoms with E-state index in [1.54, 1.807) is 7.11 Å². The summed E-state index contributed by atoms with van der Waals surface area (Å²) < 4.78 is 5.22. The summed E-state index contributed by atoms with van der Waals surface area (Å²) in [4.78, 5) is 2.55. The molecule has 0 spiro atoms. The molecule has 0 amide bonds. The first-order chi connectivity index (χ1) is 6.70. The quantitative estimate of drug-likeness (QED) is 0.715. The zero-order valence-corrected chi connectivity index (χ0v) is 9.92. The van der Waals surface area contributed by atoms with Crippen molar-refractivity contribution in [1.82, 2.24) is 10.2 Å². The van der Waals surface area contributed by atoms with E-state index in [1.165, 1.54) is 0 Å². The van der Waals surface area contributed by atoms with Crippen molar-refractivity contribution in [3.8, 4) is 0 Å². The van der Waals surface area contributed by atoms with Gasteiger partial charge in [0.2, 0.25) is 0 Å². The highest BCUT2D eigenvalue weighted by Crippen LogP contribution is 2.17. The molecule has 0 aliphatic carbocycles. The first kappa shape index (κ1) is 12.0. The van der Waals surface area contributed by atoms with Gasteiger partial charge in [-0.05, 0) is 25.9 Å². The molecule has 1 aliphatic heterocycles. The van der Waals surface area contributed by atoms with Crippen LogP contribution >= 0.6 is 0 Å². The third-order valence-corrected chi connectivity index (χ3v) is 3.24. The molecule has 3 unspecified atom stereocenters. The Morgan fingerprint density at radius 2 is 2.21 bits per heavy atom. The number of methoxy groups -OCH3 is 1. The predicted molar refractivity (Wildman–Crippen MR) is 59.5 cm³/mol. The van der Waals surface area contributed by atoms with E-state index in [0.717, 1.165) is 32.2 Å². The van der Waals surface area contributed by atoms with Crippen molar-refractivity contribution in [2.45, 2.75) is 32.9 Å². The Balaban J connectivity index is 2.51. The Morgan fingerprint density at radius 1 is 1.50 bits per heavy atom. The Kier molecular flexibility index (Phi) is 4.85. The first-order valence-electron chi connectivity index (χ1n) is 5.66. The van der Waals surface area contributed by atoms with E-state index in [2.05, 4.69) is 31.0 Å². The van der Waals surface area contributed by atoms with E-state index >= 15 is 0 Å². The van der Waals surface area contributed by atoms with Crippen molar-refractivity contribution in [2.24, 2.45) is 5.92 Å². The molecule has 3 atom stereocenters. The molecule has 1 aliphatic rings. The van der Waals surface area contributed by atoms with Crippen molar-refractivity contribution < 1.29 is 4.74 Å². The van der Waals surface area contributed by atoms with E-state index in [9.17, 15) is 0 Å². The van der Waals surface area contributed by atoms with Crippen LogP contribution in [0.3, 0.4) is 0 Å². The van der Waals surface area contributed by atoms with Crippen LogP contribution in [0.25, 0.3) is 0 Å². The molecule has 1 fully saturated rings. The number of ether oxygens (including phenoxy) is 1. The van der Waals surface area contributed by atoms with Crippen LogP contribution in [0.2, 0.25) is 0 Å². The summed E-state index contributed by atoms with van der Waals surface area (Å²) in [6.45, 7) is 11.0. The van der Waals surface area contributed by atoms with E-state index in [4.69, 9.17) is 4.74 Å². The molecule has 0 saturated carbocycles. The van der Waals surface area contributed by atoms with Gasteiger partial charge in [-0.1, -0.05) is 13.8 Å². The molecule has 3 heteroatoms. The fraction of sp³-hybridized carbons (Fsp3) is 1.00. The van der Waals surface area contributed by atoms with E-state index in [-0.39, 0.29) is 0 Å². The van der Waals surface area contributed by atoms with Gasteiger partial charge in [-0.3, -0.25) is 4.90 Å². The Bertz CT molecular complexity index is 163. The van der Waals surface area contributed by atoms with E-state index in [0.29, 0.717) is 12.1 Å². The molecule has 0 aromatic heterocycles. The highest BCUT2D eigenvalue weighted by atomic mass is 16.5. The Morgan fingerprint density at radius 3 is 2.64 bits per heavy atom. The summed E-state index contributed by atoms with van der Waals surface area (Å²) in [7, 11) is 1.78. The van der Waals surface area contributed by atoms with Gasteiger partial charge in [0.1, 0.15) is 0 Å². The number of nitrogens with zero attached hydrogens (tertiary/aromatic N) is 1. The molecule has 0 aromatic carbocycles. The maximum Gasteiger partial charge on any atom is 0.0615 e. The van der Waals surface area contributed by atoms with Crippen molar-refractivity contribution in [1.29, 1.82) is 0 Å². The maximum atomic E-state index is 5.22. The van der Waals surface area contributed by atoms with Gasteiger partial charge >= 0.3 is 0 Å². The fourth-order valence-corrected chi connectivity index (χ4v) is 2.45. The predicted octanol–water partition coefficient (Wildman–Crippen LogP) is 0.951. The van der Waals surface area contributed by atoms with Crippen LogP contribution < -0.4 is 5.32 Å². The summed E-state index contributed by atoms with van der Waals surface area (Å²) in [5, 5.41) is 3.45. The lowest BCUT2D eigenvalue weighted by molar-refractivity contribution is 0.0673. The second kappa shape index (κ2) is 5.69. The third kappa shape index (κ3) is 2.69. The van der Waals surface area contributed by atoms with Gasteiger partial charge in [0.25, 0.3) is 0 Å². The molecule has 1 heterocycles. The lowest BCUT2D eigenvalue weighted by Gasteiger charge is -2.35. The van der Waals surface area contributed by atoms with Crippen molar-refractivity contribution >= 4 is 0 Å². The summed E-state index contributed by atoms with van der Waals surface area (Å²) in [6, 6.07) is 1.21. The summed E-state index contributed by atoms with van der Waals surface area (Å²) in [6.07, 6.45) is 0. The molecular weight excluding hydrogens is 176 g/mol. The molecule has 0 radical (unpaired) electrons. The van der Waals surface area contributed by atoms with Crippen LogP contribution in [-0.4, -0.2) is 50.3 Å². The van der Waals surface area contributed by atoms with Gasteiger partial charge in [0, 0.05) is 25.7 Å². The lowest BCUT2D eigenvalue weighted by atomic mass is 10.0. The molecule has 0 bridgehead atoms. The normalized spacial score (nSPS) is 29.8. The lowest BCUT2D eigenvalue weighted by Crippen LogP contribution is -2.47.